The summed E-state index contributed by atoms with van der Waals surface area (Å²) in [5.41, 5.74) is 3.23. The number of sulfonamides is 1. The lowest BCUT2D eigenvalue weighted by Crippen LogP contribution is -2.34. The van der Waals surface area contributed by atoms with E-state index in [-0.39, 0.29) is 4.21 Å². The average Bonchev–Trinajstić information content (AvgIpc) is 3.19. The van der Waals surface area contributed by atoms with Gasteiger partial charge in [-0.2, -0.15) is 9.40 Å². The first-order valence-electron chi connectivity index (χ1n) is 7.99. The van der Waals surface area contributed by atoms with Crippen LogP contribution in [0.5, 0.6) is 0 Å². The number of hydrogen-bond acceptors (Lipinski definition) is 6. The summed E-state index contributed by atoms with van der Waals surface area (Å²) < 4.78 is 28.9. The number of fused-ring (bicyclic) bond motifs is 1. The van der Waals surface area contributed by atoms with Crippen LogP contribution in [0.4, 0.5) is 0 Å². The molecule has 11 heteroatoms. The highest BCUT2D eigenvalue weighted by Gasteiger charge is 2.28. The summed E-state index contributed by atoms with van der Waals surface area (Å²) in [4.78, 5) is 8.34. The van der Waals surface area contributed by atoms with Crippen molar-refractivity contribution in [1.82, 2.24) is 23.9 Å². The zero-order valence-electron chi connectivity index (χ0n) is 14.2. The summed E-state index contributed by atoms with van der Waals surface area (Å²) in [5, 5.41) is 5.64. The second-order valence-corrected chi connectivity index (χ2v) is 9.84. The standard InChI is InChI=1S/C15H15BClN5O2S2/c1-9-18-7-14(25-9)26(23,24)21-4-2-10(3-5-21)11-8-22-13(6-12(11)17)19-15(16)20-22/h2,6-8H,3-5,16H2,1H3. The molecule has 7 nitrogen and oxygen atoms in total. The zero-order valence-corrected chi connectivity index (χ0v) is 16.6. The summed E-state index contributed by atoms with van der Waals surface area (Å²) in [6, 6.07) is 1.78. The average molecular weight is 408 g/mol. The molecular formula is C15H15BClN5O2S2. The number of thiazole rings is 1. The van der Waals surface area contributed by atoms with Crippen LogP contribution in [0.1, 0.15) is 17.0 Å². The quantitative estimate of drug-likeness (QED) is 0.602. The van der Waals surface area contributed by atoms with E-state index >= 15 is 0 Å². The summed E-state index contributed by atoms with van der Waals surface area (Å²) in [5.74, 6) is 0. The van der Waals surface area contributed by atoms with Crippen molar-refractivity contribution in [3.8, 4) is 0 Å². The maximum atomic E-state index is 12.7. The SMILES string of the molecule is Bc1nc2cc(Cl)c(C3=CCN(S(=O)(=O)c4cnc(C)s4)CC3)cn2n1. The normalized spacial score (nSPS) is 16.2. The highest BCUT2D eigenvalue weighted by Crippen LogP contribution is 2.31. The molecule has 0 bridgehead atoms. The van der Waals surface area contributed by atoms with Crippen LogP contribution in [0, 0.1) is 6.92 Å². The summed E-state index contributed by atoms with van der Waals surface area (Å²) in [7, 11) is -1.68. The number of aryl methyl sites for hydroxylation is 1. The fourth-order valence-corrected chi connectivity index (χ4v) is 5.86. The Kier molecular flexibility index (Phi) is 4.38. The monoisotopic (exact) mass is 407 g/mol. The number of rotatable bonds is 3. The lowest BCUT2D eigenvalue weighted by atomic mass is 10.0. The van der Waals surface area contributed by atoms with Gasteiger partial charge < -0.3 is 0 Å². The third kappa shape index (κ3) is 3.07. The molecule has 0 fully saturated rings. The summed E-state index contributed by atoms with van der Waals surface area (Å²) >= 11 is 7.60. The molecule has 0 aromatic carbocycles. The van der Waals surface area contributed by atoms with Crippen LogP contribution in [-0.2, 0) is 10.0 Å². The van der Waals surface area contributed by atoms with E-state index in [1.807, 2.05) is 20.1 Å². The Morgan fingerprint density at radius 2 is 2.19 bits per heavy atom. The fraction of sp³-hybridized carbons (Fsp3) is 0.267. The first-order valence-corrected chi connectivity index (χ1v) is 10.6. The van der Waals surface area contributed by atoms with Crippen molar-refractivity contribution >= 4 is 57.8 Å². The number of pyridine rings is 1. The lowest BCUT2D eigenvalue weighted by Gasteiger charge is -2.25. The smallest absolute Gasteiger partial charge is 0.249 e. The molecule has 1 aliphatic heterocycles. The Bertz CT molecular complexity index is 1140. The van der Waals surface area contributed by atoms with E-state index in [1.54, 1.807) is 17.5 Å². The van der Waals surface area contributed by atoms with Gasteiger partial charge in [0, 0.05) is 30.9 Å². The second kappa shape index (κ2) is 6.45. The first-order chi connectivity index (χ1) is 12.3. The first kappa shape index (κ1) is 17.7. The molecule has 26 heavy (non-hydrogen) atoms. The van der Waals surface area contributed by atoms with Crippen molar-refractivity contribution in [2.45, 2.75) is 17.6 Å². The van der Waals surface area contributed by atoms with Gasteiger partial charge in [0.15, 0.2) is 17.7 Å². The van der Waals surface area contributed by atoms with Crippen LogP contribution < -0.4 is 5.72 Å². The van der Waals surface area contributed by atoms with Crippen LogP contribution in [0.25, 0.3) is 11.2 Å². The van der Waals surface area contributed by atoms with Gasteiger partial charge in [-0.25, -0.2) is 22.9 Å². The van der Waals surface area contributed by atoms with Gasteiger partial charge in [0.2, 0.25) is 0 Å². The van der Waals surface area contributed by atoms with E-state index in [4.69, 9.17) is 11.6 Å². The van der Waals surface area contributed by atoms with E-state index < -0.39 is 10.0 Å². The molecule has 0 radical (unpaired) electrons. The fourth-order valence-electron chi connectivity index (χ4n) is 2.95. The van der Waals surface area contributed by atoms with Crippen LogP contribution in [0.2, 0.25) is 5.02 Å². The van der Waals surface area contributed by atoms with Gasteiger partial charge in [0.25, 0.3) is 10.0 Å². The van der Waals surface area contributed by atoms with Crippen molar-refractivity contribution in [1.29, 1.82) is 0 Å². The second-order valence-electron chi connectivity index (χ2n) is 6.04. The third-order valence-corrected chi connectivity index (χ3v) is 7.77. The molecule has 0 saturated carbocycles. The third-order valence-electron chi connectivity index (χ3n) is 4.24. The van der Waals surface area contributed by atoms with Gasteiger partial charge in [-0.1, -0.05) is 17.7 Å². The minimum atomic E-state index is -3.50. The predicted octanol–water partition coefficient (Wildman–Crippen LogP) is 0.884. The Morgan fingerprint density at radius 3 is 2.85 bits per heavy atom. The highest BCUT2D eigenvalue weighted by molar-refractivity contribution is 7.91. The number of nitrogens with zero attached hydrogens (tertiary/aromatic N) is 5. The zero-order chi connectivity index (χ0) is 18.5. The van der Waals surface area contributed by atoms with Gasteiger partial charge in [-0.3, -0.25) is 0 Å². The number of hydrogen-bond donors (Lipinski definition) is 0. The predicted molar refractivity (Wildman–Crippen MR) is 104 cm³/mol. The van der Waals surface area contributed by atoms with E-state index in [0.717, 1.165) is 16.1 Å². The molecule has 134 valence electrons. The minimum absolute atomic E-state index is 0.282. The van der Waals surface area contributed by atoms with Gasteiger partial charge in [-0.05, 0) is 18.9 Å². The molecule has 0 amide bonds. The molecule has 0 spiro atoms. The summed E-state index contributed by atoms with van der Waals surface area (Å²) in [6.07, 6.45) is 5.76. The summed E-state index contributed by atoms with van der Waals surface area (Å²) in [6.45, 7) is 2.50. The molecule has 0 atom stereocenters. The molecule has 1 aliphatic rings. The van der Waals surface area contributed by atoms with Crippen LogP contribution in [0.15, 0.2) is 28.7 Å². The molecule has 0 N–H and O–H groups in total. The molecule has 3 aromatic heterocycles. The van der Waals surface area contributed by atoms with Gasteiger partial charge in [0.1, 0.15) is 5.72 Å². The molecule has 3 aromatic rings. The van der Waals surface area contributed by atoms with Gasteiger partial charge in [0.05, 0.1) is 16.2 Å². The maximum Gasteiger partial charge on any atom is 0.254 e. The largest absolute Gasteiger partial charge is 0.254 e. The van der Waals surface area contributed by atoms with E-state index in [2.05, 4.69) is 15.1 Å². The Labute approximate surface area is 160 Å². The van der Waals surface area contributed by atoms with Crippen LogP contribution in [0.3, 0.4) is 0 Å². The van der Waals surface area contributed by atoms with Crippen molar-refractivity contribution in [3.63, 3.8) is 0 Å². The molecule has 0 saturated heterocycles. The number of aromatic nitrogens is 4. The van der Waals surface area contributed by atoms with Crippen molar-refractivity contribution < 1.29 is 8.42 Å². The van der Waals surface area contributed by atoms with Crippen LogP contribution >= 0.6 is 22.9 Å². The number of halogens is 1. The van der Waals surface area contributed by atoms with E-state index in [1.165, 1.54) is 21.8 Å². The molecular weight excluding hydrogens is 393 g/mol. The minimum Gasteiger partial charge on any atom is -0.249 e. The molecule has 4 rings (SSSR count). The lowest BCUT2D eigenvalue weighted by molar-refractivity contribution is 0.442. The maximum absolute atomic E-state index is 12.7. The van der Waals surface area contributed by atoms with Gasteiger partial charge >= 0.3 is 0 Å². The van der Waals surface area contributed by atoms with E-state index in [9.17, 15) is 8.42 Å². The topological polar surface area (TPSA) is 80.5 Å². The molecule has 4 heterocycles. The van der Waals surface area contributed by atoms with Crippen molar-refractivity contribution in [2.75, 3.05) is 13.1 Å². The van der Waals surface area contributed by atoms with Crippen LogP contribution in [-0.4, -0.2) is 53.2 Å². The van der Waals surface area contributed by atoms with Crippen molar-refractivity contribution in [3.05, 3.63) is 40.1 Å². The van der Waals surface area contributed by atoms with E-state index in [0.29, 0.717) is 35.9 Å². The highest BCUT2D eigenvalue weighted by atomic mass is 35.5. The Hall–Kier alpha value is -1.75. The molecule has 0 aliphatic carbocycles. The van der Waals surface area contributed by atoms with Crippen molar-refractivity contribution in [2.24, 2.45) is 0 Å². The Morgan fingerprint density at radius 1 is 1.38 bits per heavy atom. The Balaban J connectivity index is 1.63. The van der Waals surface area contributed by atoms with Gasteiger partial charge in [-0.15, -0.1) is 11.3 Å². The molecule has 0 unspecified atom stereocenters.